The van der Waals surface area contributed by atoms with Gasteiger partial charge in [0, 0.05) is 20.5 Å². The van der Waals surface area contributed by atoms with Crippen LogP contribution in [0, 0.1) is 0 Å². The van der Waals surface area contributed by atoms with Crippen LogP contribution in [0.4, 0.5) is 0 Å². The molecule has 3 amide bonds. The molecule has 0 radical (unpaired) electrons. The van der Waals surface area contributed by atoms with Crippen LogP contribution in [0.5, 0.6) is 0 Å². The Labute approximate surface area is 102 Å². The van der Waals surface area contributed by atoms with Gasteiger partial charge in [-0.2, -0.15) is 0 Å². The average Bonchev–Trinajstić information content (AvgIpc) is 2.34. The normalized spacial score (nSPS) is 13.5. The zero-order chi connectivity index (χ0) is 13.6. The second kappa shape index (κ2) is 6.88. The summed E-state index contributed by atoms with van der Waals surface area (Å²) in [5.41, 5.74) is 0. The minimum absolute atomic E-state index is 0.188. The van der Waals surface area contributed by atoms with Crippen LogP contribution in [-0.2, 0) is 14.4 Å². The van der Waals surface area contributed by atoms with Crippen molar-refractivity contribution in [2.75, 3.05) is 14.1 Å². The molecule has 0 aromatic rings. The van der Waals surface area contributed by atoms with Crippen molar-refractivity contribution in [3.05, 3.63) is 0 Å². The minimum Gasteiger partial charge on any atom is -0.357 e. The average molecular weight is 243 g/mol. The summed E-state index contributed by atoms with van der Waals surface area (Å²) in [4.78, 5) is 35.7. The number of likely N-dealkylation sites (N-methyl/N-ethyl adjacent to an activating group) is 2. The summed E-state index contributed by atoms with van der Waals surface area (Å²) in [6.07, 6.45) is 0.326. The summed E-state index contributed by atoms with van der Waals surface area (Å²) in [5, 5.41) is 5.03. The molecule has 0 saturated heterocycles. The Bertz CT molecular complexity index is 304. The summed E-state index contributed by atoms with van der Waals surface area (Å²) in [6, 6.07) is -1.19. The molecule has 0 fully saturated rings. The quantitative estimate of drug-likeness (QED) is 0.683. The number of rotatable bonds is 5. The molecule has 0 aliphatic heterocycles. The summed E-state index contributed by atoms with van der Waals surface area (Å²) in [5.74, 6) is -0.718. The van der Waals surface area contributed by atoms with Gasteiger partial charge in [0.2, 0.25) is 17.7 Å². The lowest BCUT2D eigenvalue weighted by Gasteiger charge is -2.26. The molecule has 0 saturated carbocycles. The van der Waals surface area contributed by atoms with Gasteiger partial charge >= 0.3 is 0 Å². The van der Waals surface area contributed by atoms with Gasteiger partial charge < -0.3 is 15.5 Å². The van der Waals surface area contributed by atoms with Gasteiger partial charge in [0.1, 0.15) is 12.1 Å². The van der Waals surface area contributed by atoms with Crippen LogP contribution >= 0.6 is 0 Å². The third-order valence-electron chi connectivity index (χ3n) is 2.62. The fraction of sp³-hybridized carbons (Fsp3) is 0.727. The molecule has 0 aliphatic carbocycles. The highest BCUT2D eigenvalue weighted by molar-refractivity contribution is 5.91. The largest absolute Gasteiger partial charge is 0.357 e. The molecule has 0 aromatic carbocycles. The number of nitrogens with one attached hydrogen (secondary N) is 2. The van der Waals surface area contributed by atoms with Gasteiger partial charge in [-0.25, -0.2) is 0 Å². The number of hydrogen-bond donors (Lipinski definition) is 2. The van der Waals surface area contributed by atoms with Crippen molar-refractivity contribution in [1.82, 2.24) is 15.5 Å². The van der Waals surface area contributed by atoms with Gasteiger partial charge in [-0.05, 0) is 13.8 Å². The van der Waals surface area contributed by atoms with E-state index in [0.717, 1.165) is 0 Å². The van der Waals surface area contributed by atoms with Gasteiger partial charge in [0.05, 0.1) is 0 Å². The molecule has 6 heteroatoms. The lowest BCUT2D eigenvalue weighted by Crippen LogP contribution is -2.51. The maximum Gasteiger partial charge on any atom is 0.245 e. The van der Waals surface area contributed by atoms with E-state index in [9.17, 15) is 14.4 Å². The fourth-order valence-corrected chi connectivity index (χ4v) is 1.29. The predicted molar refractivity (Wildman–Crippen MR) is 64.2 cm³/mol. The van der Waals surface area contributed by atoms with Crippen LogP contribution in [0.15, 0.2) is 0 Å². The van der Waals surface area contributed by atoms with E-state index in [2.05, 4.69) is 10.6 Å². The topological polar surface area (TPSA) is 78.5 Å². The van der Waals surface area contributed by atoms with Crippen molar-refractivity contribution in [3.8, 4) is 0 Å². The Morgan fingerprint density at radius 2 is 1.76 bits per heavy atom. The lowest BCUT2D eigenvalue weighted by atomic mass is 10.2. The summed E-state index contributed by atoms with van der Waals surface area (Å²) in [7, 11) is 3.05. The SMILES string of the molecule is CCC(=O)NC(C)C(=O)N(C)[C@H](C)C(=O)NC. The Hall–Kier alpha value is -1.59. The first-order valence-electron chi connectivity index (χ1n) is 5.62. The number of amides is 3. The second-order valence-electron chi connectivity index (χ2n) is 3.88. The number of hydrogen-bond acceptors (Lipinski definition) is 3. The minimum atomic E-state index is -0.625. The standard InChI is InChI=1S/C11H21N3O3/c1-6-9(15)13-7(2)11(17)14(5)8(3)10(16)12-4/h7-8H,6H2,1-5H3,(H,12,16)(H,13,15)/t7?,8-/m1/s1. The predicted octanol–water partition coefficient (Wildman–Crippen LogP) is -0.506. The molecule has 0 aliphatic rings. The van der Waals surface area contributed by atoms with Gasteiger partial charge in [-0.15, -0.1) is 0 Å². The molecule has 1 unspecified atom stereocenters. The monoisotopic (exact) mass is 243 g/mol. The molecular weight excluding hydrogens is 222 g/mol. The third-order valence-corrected chi connectivity index (χ3v) is 2.62. The second-order valence-corrected chi connectivity index (χ2v) is 3.88. The van der Waals surface area contributed by atoms with E-state index in [1.165, 1.54) is 19.0 Å². The molecule has 2 atom stereocenters. The molecule has 0 aromatic heterocycles. The molecule has 0 spiro atoms. The maximum absolute atomic E-state index is 11.9. The van der Waals surface area contributed by atoms with E-state index in [1.807, 2.05) is 0 Å². The highest BCUT2D eigenvalue weighted by Crippen LogP contribution is 2.00. The van der Waals surface area contributed by atoms with E-state index < -0.39 is 12.1 Å². The summed E-state index contributed by atoms with van der Waals surface area (Å²) < 4.78 is 0. The smallest absolute Gasteiger partial charge is 0.245 e. The van der Waals surface area contributed by atoms with Crippen LogP contribution in [0.3, 0.4) is 0 Å². The van der Waals surface area contributed by atoms with E-state index in [0.29, 0.717) is 6.42 Å². The van der Waals surface area contributed by atoms with Crippen molar-refractivity contribution in [2.24, 2.45) is 0 Å². The van der Waals surface area contributed by atoms with Crippen molar-refractivity contribution in [2.45, 2.75) is 39.3 Å². The molecule has 2 N–H and O–H groups in total. The number of carbonyl (C=O) groups is 3. The van der Waals surface area contributed by atoms with Crippen molar-refractivity contribution in [1.29, 1.82) is 0 Å². The van der Waals surface area contributed by atoms with Crippen LogP contribution in [-0.4, -0.2) is 48.8 Å². The Balaban J connectivity index is 4.48. The molecule has 0 rings (SSSR count). The van der Waals surface area contributed by atoms with Gasteiger partial charge in [0.25, 0.3) is 0 Å². The van der Waals surface area contributed by atoms with Crippen molar-refractivity contribution >= 4 is 17.7 Å². The van der Waals surface area contributed by atoms with Gasteiger partial charge in [-0.3, -0.25) is 14.4 Å². The van der Waals surface area contributed by atoms with Crippen LogP contribution < -0.4 is 10.6 Å². The molecular formula is C11H21N3O3. The molecule has 6 nitrogen and oxygen atoms in total. The first-order chi connectivity index (χ1) is 7.84. The molecule has 0 bridgehead atoms. The van der Waals surface area contributed by atoms with E-state index in [1.54, 1.807) is 20.8 Å². The van der Waals surface area contributed by atoms with E-state index in [4.69, 9.17) is 0 Å². The third kappa shape index (κ3) is 4.42. The molecule has 0 heterocycles. The first kappa shape index (κ1) is 15.4. The maximum atomic E-state index is 11.9. The van der Waals surface area contributed by atoms with E-state index in [-0.39, 0.29) is 17.7 Å². The Kier molecular flexibility index (Phi) is 6.23. The highest BCUT2D eigenvalue weighted by atomic mass is 16.2. The summed E-state index contributed by atoms with van der Waals surface area (Å²) in [6.45, 7) is 4.94. The zero-order valence-corrected chi connectivity index (χ0v) is 11.0. The summed E-state index contributed by atoms with van der Waals surface area (Å²) >= 11 is 0. The van der Waals surface area contributed by atoms with Crippen LogP contribution in [0.25, 0.3) is 0 Å². The highest BCUT2D eigenvalue weighted by Gasteiger charge is 2.25. The first-order valence-corrected chi connectivity index (χ1v) is 5.62. The Morgan fingerprint density at radius 1 is 1.24 bits per heavy atom. The zero-order valence-electron chi connectivity index (χ0n) is 11.0. The van der Waals surface area contributed by atoms with Crippen molar-refractivity contribution < 1.29 is 14.4 Å². The fourth-order valence-electron chi connectivity index (χ4n) is 1.29. The van der Waals surface area contributed by atoms with Crippen LogP contribution in [0.1, 0.15) is 27.2 Å². The molecule has 98 valence electrons. The van der Waals surface area contributed by atoms with Crippen LogP contribution in [0.2, 0.25) is 0 Å². The Morgan fingerprint density at radius 3 is 2.18 bits per heavy atom. The van der Waals surface area contributed by atoms with Gasteiger partial charge in [-0.1, -0.05) is 6.92 Å². The lowest BCUT2D eigenvalue weighted by molar-refractivity contribution is -0.140. The van der Waals surface area contributed by atoms with E-state index >= 15 is 0 Å². The van der Waals surface area contributed by atoms with Crippen molar-refractivity contribution in [3.63, 3.8) is 0 Å². The molecule has 17 heavy (non-hydrogen) atoms. The van der Waals surface area contributed by atoms with Gasteiger partial charge in [0.15, 0.2) is 0 Å². The number of carbonyl (C=O) groups excluding carboxylic acids is 3. The number of nitrogens with zero attached hydrogens (tertiary/aromatic N) is 1.